The van der Waals surface area contributed by atoms with Crippen molar-refractivity contribution in [2.75, 3.05) is 6.61 Å². The minimum Gasteiger partial charge on any atom is -0.491 e. The lowest BCUT2D eigenvalue weighted by molar-refractivity contribution is -0.159. The fourth-order valence-electron chi connectivity index (χ4n) is 2.53. The van der Waals surface area contributed by atoms with Crippen LogP contribution in [-0.2, 0) is 17.5 Å². The number of hydrogen-bond donors (Lipinski definition) is 0. The maximum atomic E-state index is 14.5. The Balaban J connectivity index is 2.00. The van der Waals surface area contributed by atoms with Gasteiger partial charge in [-0.05, 0) is 19.1 Å². The summed E-state index contributed by atoms with van der Waals surface area (Å²) in [4.78, 5) is 16.4. The average Bonchev–Trinajstić information content (AvgIpc) is 2.94. The van der Waals surface area contributed by atoms with Crippen LogP contribution in [0.3, 0.4) is 0 Å². The van der Waals surface area contributed by atoms with Gasteiger partial charge in [-0.25, -0.2) is 4.39 Å². The highest BCUT2D eigenvalue weighted by atomic mass is 19.4. The van der Waals surface area contributed by atoms with Crippen molar-refractivity contribution in [1.29, 1.82) is 0 Å². The zero-order valence-corrected chi connectivity index (χ0v) is 13.2. The van der Waals surface area contributed by atoms with Crippen molar-refractivity contribution in [1.82, 2.24) is 15.0 Å². The second-order valence-electron chi connectivity index (χ2n) is 5.66. The summed E-state index contributed by atoms with van der Waals surface area (Å²) in [5, 5.41) is 3.23. The normalized spacial score (nSPS) is 17.7. The van der Waals surface area contributed by atoms with Crippen LogP contribution in [0.4, 0.5) is 17.6 Å². The SMILES string of the molecule is CC(=O)N1Cc2c(F)cc(-c3noc(C(F)(F)F)n3)cc2OC[C@@H]1C. The zero-order valence-electron chi connectivity index (χ0n) is 13.2. The minimum absolute atomic E-state index is 0.00199. The van der Waals surface area contributed by atoms with E-state index in [1.807, 2.05) is 0 Å². The summed E-state index contributed by atoms with van der Waals surface area (Å²) in [6.45, 7) is 3.24. The zero-order chi connectivity index (χ0) is 18.4. The van der Waals surface area contributed by atoms with E-state index in [-0.39, 0.29) is 42.0 Å². The van der Waals surface area contributed by atoms with Crippen LogP contribution in [0.1, 0.15) is 25.3 Å². The summed E-state index contributed by atoms with van der Waals surface area (Å²) in [5.41, 5.74) is 0.127. The Bertz CT molecular complexity index is 819. The van der Waals surface area contributed by atoms with E-state index in [0.717, 1.165) is 6.07 Å². The molecule has 0 N–H and O–H groups in total. The number of benzene rings is 1. The first-order valence-corrected chi connectivity index (χ1v) is 7.30. The molecule has 0 unspecified atom stereocenters. The molecule has 1 amide bonds. The van der Waals surface area contributed by atoms with Crippen LogP contribution in [0.2, 0.25) is 0 Å². The Morgan fingerprint density at radius 2 is 2.08 bits per heavy atom. The molecule has 25 heavy (non-hydrogen) atoms. The van der Waals surface area contributed by atoms with E-state index < -0.39 is 23.7 Å². The second-order valence-corrected chi connectivity index (χ2v) is 5.66. The van der Waals surface area contributed by atoms with Gasteiger partial charge in [-0.1, -0.05) is 5.16 Å². The molecule has 1 aromatic carbocycles. The van der Waals surface area contributed by atoms with Gasteiger partial charge in [0, 0.05) is 18.1 Å². The van der Waals surface area contributed by atoms with E-state index >= 15 is 0 Å². The summed E-state index contributed by atoms with van der Waals surface area (Å²) in [5.74, 6) is -2.76. The summed E-state index contributed by atoms with van der Waals surface area (Å²) in [6, 6.07) is 2.04. The number of alkyl halides is 3. The molecule has 1 aromatic heterocycles. The van der Waals surface area contributed by atoms with Crippen LogP contribution in [0, 0.1) is 5.82 Å². The summed E-state index contributed by atoms with van der Waals surface area (Å²) in [7, 11) is 0. The number of nitrogens with zero attached hydrogens (tertiary/aromatic N) is 3. The number of rotatable bonds is 1. The van der Waals surface area contributed by atoms with Crippen molar-refractivity contribution in [2.45, 2.75) is 32.6 Å². The largest absolute Gasteiger partial charge is 0.491 e. The van der Waals surface area contributed by atoms with E-state index in [2.05, 4.69) is 14.7 Å². The summed E-state index contributed by atoms with van der Waals surface area (Å²) >= 11 is 0. The predicted molar refractivity (Wildman–Crippen MR) is 75.9 cm³/mol. The van der Waals surface area contributed by atoms with E-state index in [4.69, 9.17) is 4.74 Å². The molecule has 1 atom stereocenters. The molecule has 2 heterocycles. The Hall–Kier alpha value is -2.65. The van der Waals surface area contributed by atoms with Crippen molar-refractivity contribution in [3.05, 3.63) is 29.4 Å². The highest BCUT2D eigenvalue weighted by Crippen LogP contribution is 2.34. The van der Waals surface area contributed by atoms with Crippen molar-refractivity contribution >= 4 is 5.91 Å². The van der Waals surface area contributed by atoms with Gasteiger partial charge in [0.05, 0.1) is 12.6 Å². The van der Waals surface area contributed by atoms with E-state index in [1.54, 1.807) is 6.92 Å². The quantitative estimate of drug-likeness (QED) is 0.732. The highest BCUT2D eigenvalue weighted by molar-refractivity contribution is 5.74. The molecule has 0 saturated carbocycles. The van der Waals surface area contributed by atoms with Crippen molar-refractivity contribution < 1.29 is 31.6 Å². The van der Waals surface area contributed by atoms with Gasteiger partial charge < -0.3 is 14.2 Å². The molecule has 2 aromatic rings. The average molecular weight is 359 g/mol. The molecule has 0 aliphatic carbocycles. The van der Waals surface area contributed by atoms with Crippen LogP contribution < -0.4 is 4.74 Å². The van der Waals surface area contributed by atoms with Gasteiger partial charge in [0.2, 0.25) is 11.7 Å². The van der Waals surface area contributed by atoms with Crippen LogP contribution in [-0.4, -0.2) is 33.6 Å². The third-order valence-electron chi connectivity index (χ3n) is 3.83. The van der Waals surface area contributed by atoms with Gasteiger partial charge in [-0.15, -0.1) is 0 Å². The number of ether oxygens (including phenoxy) is 1. The van der Waals surface area contributed by atoms with Crippen molar-refractivity contribution in [3.63, 3.8) is 0 Å². The van der Waals surface area contributed by atoms with Crippen LogP contribution in [0.25, 0.3) is 11.4 Å². The van der Waals surface area contributed by atoms with Gasteiger partial charge in [0.1, 0.15) is 18.2 Å². The fourth-order valence-corrected chi connectivity index (χ4v) is 2.53. The standard InChI is InChI=1S/C15H13F4N3O3/c1-7-6-24-12-4-9(13-20-14(25-21-13)15(17,18)19)3-11(16)10(12)5-22(7)8(2)23/h3-4,7H,5-6H2,1-2H3/t7-/m0/s1. The maximum absolute atomic E-state index is 14.5. The number of aromatic nitrogens is 2. The number of carbonyl (C=O) groups is 1. The van der Waals surface area contributed by atoms with Crippen LogP contribution in [0.15, 0.2) is 16.7 Å². The van der Waals surface area contributed by atoms with Gasteiger partial charge in [-0.3, -0.25) is 4.79 Å². The molecular weight excluding hydrogens is 346 g/mol. The van der Waals surface area contributed by atoms with Gasteiger partial charge >= 0.3 is 12.1 Å². The molecule has 0 radical (unpaired) electrons. The van der Waals surface area contributed by atoms with Crippen molar-refractivity contribution in [2.24, 2.45) is 0 Å². The fraction of sp³-hybridized carbons (Fsp3) is 0.400. The monoisotopic (exact) mass is 359 g/mol. The number of hydrogen-bond acceptors (Lipinski definition) is 5. The topological polar surface area (TPSA) is 68.5 Å². The number of carbonyl (C=O) groups excluding carboxylic acids is 1. The third kappa shape index (κ3) is 3.28. The first-order valence-electron chi connectivity index (χ1n) is 7.30. The molecule has 0 bridgehead atoms. The third-order valence-corrected chi connectivity index (χ3v) is 3.83. The molecule has 0 saturated heterocycles. The number of fused-ring (bicyclic) bond motifs is 1. The molecule has 6 nitrogen and oxygen atoms in total. The maximum Gasteiger partial charge on any atom is 0.471 e. The Kier molecular flexibility index (Phi) is 4.13. The lowest BCUT2D eigenvalue weighted by Gasteiger charge is -2.24. The molecule has 3 rings (SSSR count). The second kappa shape index (κ2) is 6.01. The lowest BCUT2D eigenvalue weighted by atomic mass is 10.1. The van der Waals surface area contributed by atoms with Crippen LogP contribution >= 0.6 is 0 Å². The lowest BCUT2D eigenvalue weighted by Crippen LogP contribution is -2.38. The summed E-state index contributed by atoms with van der Waals surface area (Å²) < 4.78 is 61.8. The first kappa shape index (κ1) is 17.2. The van der Waals surface area contributed by atoms with Gasteiger partial charge in [0.25, 0.3) is 0 Å². The Labute approximate surface area is 139 Å². The van der Waals surface area contributed by atoms with E-state index in [0.29, 0.717) is 0 Å². The van der Waals surface area contributed by atoms with E-state index in [1.165, 1.54) is 17.9 Å². The van der Waals surface area contributed by atoms with Crippen molar-refractivity contribution in [3.8, 4) is 17.1 Å². The molecule has 1 aliphatic heterocycles. The van der Waals surface area contributed by atoms with E-state index in [9.17, 15) is 22.4 Å². The summed E-state index contributed by atoms with van der Waals surface area (Å²) in [6.07, 6.45) is -4.79. The molecule has 0 fully saturated rings. The Morgan fingerprint density at radius 1 is 1.36 bits per heavy atom. The molecule has 10 heteroatoms. The predicted octanol–water partition coefficient (Wildman–Crippen LogP) is 3.02. The molecule has 1 aliphatic rings. The molecular formula is C15H13F4N3O3. The Morgan fingerprint density at radius 3 is 2.68 bits per heavy atom. The minimum atomic E-state index is -4.79. The van der Waals surface area contributed by atoms with Gasteiger partial charge in [0.15, 0.2) is 0 Å². The smallest absolute Gasteiger partial charge is 0.471 e. The van der Waals surface area contributed by atoms with Crippen LogP contribution in [0.5, 0.6) is 5.75 Å². The highest BCUT2D eigenvalue weighted by Gasteiger charge is 2.38. The first-order chi connectivity index (χ1) is 11.7. The number of halogens is 4. The molecule has 134 valence electrons. The number of amides is 1. The van der Waals surface area contributed by atoms with Gasteiger partial charge in [-0.2, -0.15) is 18.2 Å². The molecule has 0 spiro atoms.